The Labute approximate surface area is 164 Å². The first-order valence-electron chi connectivity index (χ1n) is 12.1. The van der Waals surface area contributed by atoms with Crippen LogP contribution in [-0.4, -0.2) is 0 Å². The van der Waals surface area contributed by atoms with Crippen LogP contribution in [0.1, 0.15) is 129 Å². The Balaban J connectivity index is 1.70. The number of unbranched alkanes of at least 4 members (excludes halogenated alkanes) is 8. The molecule has 0 heterocycles. The van der Waals surface area contributed by atoms with Crippen LogP contribution in [0.15, 0.2) is 0 Å². The summed E-state index contributed by atoms with van der Waals surface area (Å²) in [6.45, 7) is 4.58. The van der Waals surface area contributed by atoms with Gasteiger partial charge in [-0.3, -0.25) is 0 Å². The Hall–Kier alpha value is -0.510. The Kier molecular flexibility index (Phi) is 10.1. The summed E-state index contributed by atoms with van der Waals surface area (Å²) in [6.07, 6.45) is 24.6. The molecule has 0 aliphatic heterocycles. The Morgan fingerprint density at radius 3 is 2.19 bits per heavy atom. The molecular formula is C25H45N. The van der Waals surface area contributed by atoms with E-state index in [1.807, 2.05) is 0 Å². The van der Waals surface area contributed by atoms with Crippen molar-refractivity contribution in [2.45, 2.75) is 129 Å². The van der Waals surface area contributed by atoms with Crippen LogP contribution in [0.4, 0.5) is 0 Å². The van der Waals surface area contributed by atoms with Crippen molar-refractivity contribution in [1.29, 1.82) is 5.26 Å². The van der Waals surface area contributed by atoms with Gasteiger partial charge in [-0.25, -0.2) is 0 Å². The van der Waals surface area contributed by atoms with Gasteiger partial charge in [0.1, 0.15) is 0 Å². The Bertz CT molecular complexity index is 409. The third kappa shape index (κ3) is 6.90. The monoisotopic (exact) mass is 359 g/mol. The molecule has 0 radical (unpaired) electrons. The summed E-state index contributed by atoms with van der Waals surface area (Å²) >= 11 is 0. The lowest BCUT2D eigenvalue weighted by atomic mass is 9.58. The van der Waals surface area contributed by atoms with E-state index in [1.54, 1.807) is 0 Å². The molecule has 0 aromatic carbocycles. The maximum absolute atomic E-state index is 9.92. The van der Waals surface area contributed by atoms with Gasteiger partial charge >= 0.3 is 0 Å². The molecule has 2 rings (SSSR count). The van der Waals surface area contributed by atoms with Crippen molar-refractivity contribution in [3.63, 3.8) is 0 Å². The molecule has 0 amide bonds. The van der Waals surface area contributed by atoms with Crippen molar-refractivity contribution >= 4 is 0 Å². The van der Waals surface area contributed by atoms with Crippen molar-refractivity contribution in [3.8, 4) is 6.07 Å². The minimum absolute atomic E-state index is 0.0420. The fourth-order valence-corrected chi connectivity index (χ4v) is 5.86. The highest BCUT2D eigenvalue weighted by Gasteiger charge is 2.42. The van der Waals surface area contributed by atoms with Gasteiger partial charge in [0.25, 0.3) is 0 Å². The first-order chi connectivity index (χ1) is 12.7. The zero-order chi connectivity index (χ0) is 18.7. The van der Waals surface area contributed by atoms with Crippen molar-refractivity contribution in [2.24, 2.45) is 23.2 Å². The highest BCUT2D eigenvalue weighted by molar-refractivity contribution is 5.04. The predicted octanol–water partition coefficient (Wildman–Crippen LogP) is 8.43. The van der Waals surface area contributed by atoms with Gasteiger partial charge < -0.3 is 0 Å². The van der Waals surface area contributed by atoms with E-state index in [-0.39, 0.29) is 5.41 Å². The molecule has 2 saturated carbocycles. The van der Waals surface area contributed by atoms with Crippen molar-refractivity contribution in [3.05, 3.63) is 0 Å². The molecule has 2 fully saturated rings. The number of nitriles is 1. The summed E-state index contributed by atoms with van der Waals surface area (Å²) in [5.41, 5.74) is 0.0420. The van der Waals surface area contributed by atoms with Gasteiger partial charge in [0.05, 0.1) is 11.5 Å². The van der Waals surface area contributed by atoms with Gasteiger partial charge in [0.2, 0.25) is 0 Å². The molecule has 2 aliphatic carbocycles. The van der Waals surface area contributed by atoms with Crippen LogP contribution in [0.5, 0.6) is 0 Å². The lowest BCUT2D eigenvalue weighted by Gasteiger charge is -2.45. The third-order valence-electron chi connectivity index (χ3n) is 7.61. The summed E-state index contributed by atoms with van der Waals surface area (Å²) in [6, 6.07) is 2.81. The first-order valence-corrected chi connectivity index (χ1v) is 12.1. The lowest BCUT2D eigenvalue weighted by Crippen LogP contribution is -2.36. The molecule has 1 heteroatoms. The molecule has 0 aromatic heterocycles. The quantitative estimate of drug-likeness (QED) is 0.321. The molecule has 26 heavy (non-hydrogen) atoms. The minimum Gasteiger partial charge on any atom is -0.198 e. The van der Waals surface area contributed by atoms with Crippen molar-refractivity contribution in [1.82, 2.24) is 0 Å². The summed E-state index contributed by atoms with van der Waals surface area (Å²) in [5, 5.41) is 9.92. The number of nitrogens with zero attached hydrogens (tertiary/aromatic N) is 1. The van der Waals surface area contributed by atoms with Crippen molar-refractivity contribution in [2.75, 3.05) is 0 Å². The fourth-order valence-electron chi connectivity index (χ4n) is 5.86. The smallest absolute Gasteiger partial charge is 0.0689 e. The molecule has 0 N–H and O–H groups in total. The molecule has 0 aromatic rings. The van der Waals surface area contributed by atoms with Crippen LogP contribution in [0, 0.1) is 34.5 Å². The Morgan fingerprint density at radius 2 is 1.50 bits per heavy atom. The van der Waals surface area contributed by atoms with Gasteiger partial charge in [-0.1, -0.05) is 90.9 Å². The van der Waals surface area contributed by atoms with E-state index in [1.165, 1.54) is 116 Å². The van der Waals surface area contributed by atoms with Gasteiger partial charge in [0.15, 0.2) is 0 Å². The van der Waals surface area contributed by atoms with Crippen LogP contribution >= 0.6 is 0 Å². The van der Waals surface area contributed by atoms with E-state index < -0.39 is 0 Å². The van der Waals surface area contributed by atoms with Crippen LogP contribution < -0.4 is 0 Å². The van der Waals surface area contributed by atoms with Gasteiger partial charge in [-0.2, -0.15) is 5.26 Å². The second-order valence-corrected chi connectivity index (χ2v) is 9.70. The second kappa shape index (κ2) is 12.0. The SMILES string of the molecule is CCCCCCC[C@H]1CCC2C[C@](C#N)(CCCCCCC)CC[C@@H]2C1. The van der Waals surface area contributed by atoms with E-state index in [0.29, 0.717) is 0 Å². The van der Waals surface area contributed by atoms with Crippen LogP contribution in [0.3, 0.4) is 0 Å². The zero-order valence-electron chi connectivity index (χ0n) is 17.9. The number of fused-ring (bicyclic) bond motifs is 1. The highest BCUT2D eigenvalue weighted by atomic mass is 14.5. The van der Waals surface area contributed by atoms with Crippen LogP contribution in [0.25, 0.3) is 0 Å². The summed E-state index contributed by atoms with van der Waals surface area (Å²) in [7, 11) is 0. The number of hydrogen-bond donors (Lipinski definition) is 0. The van der Waals surface area contributed by atoms with Crippen LogP contribution in [-0.2, 0) is 0 Å². The van der Waals surface area contributed by atoms with Crippen molar-refractivity contribution < 1.29 is 0 Å². The van der Waals surface area contributed by atoms with Crippen LogP contribution in [0.2, 0.25) is 0 Å². The normalized spacial score (nSPS) is 31.3. The minimum atomic E-state index is 0.0420. The zero-order valence-corrected chi connectivity index (χ0v) is 17.9. The van der Waals surface area contributed by atoms with E-state index >= 15 is 0 Å². The van der Waals surface area contributed by atoms with Gasteiger partial charge in [-0.15, -0.1) is 0 Å². The highest BCUT2D eigenvalue weighted by Crippen LogP contribution is 2.51. The maximum atomic E-state index is 9.92. The summed E-state index contributed by atoms with van der Waals surface area (Å²) in [5.74, 6) is 2.82. The topological polar surface area (TPSA) is 23.8 Å². The molecule has 0 bridgehead atoms. The number of hydrogen-bond acceptors (Lipinski definition) is 1. The fraction of sp³-hybridized carbons (Fsp3) is 0.960. The molecule has 0 saturated heterocycles. The molecular weight excluding hydrogens is 314 g/mol. The molecule has 4 atom stereocenters. The average Bonchev–Trinajstić information content (AvgIpc) is 2.67. The van der Waals surface area contributed by atoms with E-state index in [9.17, 15) is 5.26 Å². The van der Waals surface area contributed by atoms with Gasteiger partial charge in [0, 0.05) is 0 Å². The van der Waals surface area contributed by atoms with E-state index in [4.69, 9.17) is 0 Å². The maximum Gasteiger partial charge on any atom is 0.0689 e. The summed E-state index contributed by atoms with van der Waals surface area (Å²) in [4.78, 5) is 0. The van der Waals surface area contributed by atoms with E-state index in [2.05, 4.69) is 19.9 Å². The van der Waals surface area contributed by atoms with E-state index in [0.717, 1.165) is 17.8 Å². The molecule has 150 valence electrons. The predicted molar refractivity (Wildman–Crippen MR) is 113 cm³/mol. The first kappa shape index (κ1) is 21.8. The molecule has 2 aliphatic rings. The Morgan fingerprint density at radius 1 is 0.808 bits per heavy atom. The third-order valence-corrected chi connectivity index (χ3v) is 7.61. The molecule has 1 unspecified atom stereocenters. The molecule has 1 nitrogen and oxygen atoms in total. The number of rotatable bonds is 12. The lowest BCUT2D eigenvalue weighted by molar-refractivity contribution is 0.0615. The molecule has 0 spiro atoms. The van der Waals surface area contributed by atoms with Gasteiger partial charge in [-0.05, 0) is 56.3 Å². The second-order valence-electron chi connectivity index (χ2n) is 9.70. The average molecular weight is 360 g/mol. The summed E-state index contributed by atoms with van der Waals surface area (Å²) < 4.78 is 0. The standard InChI is InChI=1S/C25H45N/c1-3-5-7-9-11-13-22-14-15-24-20-25(21-26,18-16-23(24)19-22)17-12-10-8-6-4-2/h22-24H,3-20H2,1-2H3/t22-,23+,24?,25-/m0/s1. The largest absolute Gasteiger partial charge is 0.198 e.